The van der Waals surface area contributed by atoms with Crippen molar-refractivity contribution in [3.8, 4) is 0 Å². The SMILES string of the molecule is CC(C)[C@@H](C)NC(=O)OC1CCCC1. The summed E-state index contributed by atoms with van der Waals surface area (Å²) in [4.78, 5) is 11.4. The van der Waals surface area contributed by atoms with Gasteiger partial charge in [-0.2, -0.15) is 0 Å². The van der Waals surface area contributed by atoms with E-state index >= 15 is 0 Å². The van der Waals surface area contributed by atoms with Gasteiger partial charge in [0.2, 0.25) is 0 Å². The maximum absolute atomic E-state index is 11.4. The molecule has 3 heteroatoms. The van der Waals surface area contributed by atoms with Crippen LogP contribution < -0.4 is 5.32 Å². The third-order valence-corrected chi connectivity index (χ3v) is 2.92. The number of carbonyl (C=O) groups is 1. The molecular formula is C11H21NO2. The molecule has 1 aliphatic rings. The largest absolute Gasteiger partial charge is 0.446 e. The zero-order valence-electron chi connectivity index (χ0n) is 9.38. The Balaban J connectivity index is 2.21. The van der Waals surface area contributed by atoms with E-state index in [4.69, 9.17) is 4.74 Å². The molecule has 0 heterocycles. The van der Waals surface area contributed by atoms with Gasteiger partial charge < -0.3 is 10.1 Å². The van der Waals surface area contributed by atoms with Crippen LogP contribution in [-0.4, -0.2) is 18.2 Å². The van der Waals surface area contributed by atoms with E-state index in [0.29, 0.717) is 5.92 Å². The summed E-state index contributed by atoms with van der Waals surface area (Å²) < 4.78 is 5.28. The smallest absolute Gasteiger partial charge is 0.407 e. The van der Waals surface area contributed by atoms with E-state index in [0.717, 1.165) is 12.8 Å². The van der Waals surface area contributed by atoms with Crippen molar-refractivity contribution < 1.29 is 9.53 Å². The Morgan fingerprint density at radius 3 is 2.36 bits per heavy atom. The molecule has 0 aromatic carbocycles. The first kappa shape index (κ1) is 11.3. The topological polar surface area (TPSA) is 38.3 Å². The molecule has 0 aliphatic heterocycles. The van der Waals surface area contributed by atoms with Crippen LogP contribution in [0.15, 0.2) is 0 Å². The minimum absolute atomic E-state index is 0.161. The minimum Gasteiger partial charge on any atom is -0.446 e. The van der Waals surface area contributed by atoms with Gasteiger partial charge in [-0.3, -0.25) is 0 Å². The molecule has 1 aliphatic carbocycles. The lowest BCUT2D eigenvalue weighted by atomic mass is 10.1. The van der Waals surface area contributed by atoms with Crippen LogP contribution >= 0.6 is 0 Å². The summed E-state index contributed by atoms with van der Waals surface area (Å²) in [6.07, 6.45) is 4.36. The van der Waals surface area contributed by atoms with E-state index in [9.17, 15) is 4.79 Å². The fourth-order valence-corrected chi connectivity index (χ4v) is 1.54. The molecule has 0 aromatic heterocycles. The quantitative estimate of drug-likeness (QED) is 0.759. The molecule has 1 saturated carbocycles. The highest BCUT2D eigenvalue weighted by molar-refractivity contribution is 5.67. The van der Waals surface area contributed by atoms with E-state index in [1.807, 2.05) is 6.92 Å². The highest BCUT2D eigenvalue weighted by atomic mass is 16.6. The first-order valence-electron chi connectivity index (χ1n) is 5.56. The fourth-order valence-electron chi connectivity index (χ4n) is 1.54. The van der Waals surface area contributed by atoms with Gasteiger partial charge in [-0.1, -0.05) is 13.8 Å². The summed E-state index contributed by atoms with van der Waals surface area (Å²) in [6.45, 7) is 6.17. The maximum Gasteiger partial charge on any atom is 0.407 e. The van der Waals surface area contributed by atoms with Crippen molar-refractivity contribution in [2.45, 2.75) is 58.6 Å². The Bertz CT molecular complexity index is 180. The number of amides is 1. The molecule has 1 N–H and O–H groups in total. The van der Waals surface area contributed by atoms with Crippen LogP contribution in [0.1, 0.15) is 46.5 Å². The number of hydrogen-bond donors (Lipinski definition) is 1. The summed E-state index contributed by atoms with van der Waals surface area (Å²) >= 11 is 0. The van der Waals surface area contributed by atoms with E-state index in [2.05, 4.69) is 19.2 Å². The molecule has 14 heavy (non-hydrogen) atoms. The lowest BCUT2D eigenvalue weighted by Crippen LogP contribution is -2.37. The molecule has 1 fully saturated rings. The van der Waals surface area contributed by atoms with Crippen molar-refractivity contribution in [3.05, 3.63) is 0 Å². The number of alkyl carbamates (subject to hydrolysis) is 1. The van der Waals surface area contributed by atoms with Crippen molar-refractivity contribution >= 4 is 6.09 Å². The summed E-state index contributed by atoms with van der Waals surface area (Å²) in [5, 5.41) is 2.85. The average Bonchev–Trinajstić information content (AvgIpc) is 2.56. The van der Waals surface area contributed by atoms with Gasteiger partial charge >= 0.3 is 6.09 Å². The van der Waals surface area contributed by atoms with Crippen LogP contribution in [0, 0.1) is 5.92 Å². The van der Waals surface area contributed by atoms with Crippen LogP contribution in [-0.2, 0) is 4.74 Å². The minimum atomic E-state index is -0.252. The summed E-state index contributed by atoms with van der Waals surface area (Å²) in [7, 11) is 0. The molecule has 0 spiro atoms. The number of carbonyl (C=O) groups excluding carboxylic acids is 1. The molecule has 1 rings (SSSR count). The Morgan fingerprint density at radius 1 is 1.29 bits per heavy atom. The van der Waals surface area contributed by atoms with Crippen LogP contribution in [0.4, 0.5) is 4.79 Å². The second-order valence-electron chi connectivity index (χ2n) is 4.49. The van der Waals surface area contributed by atoms with Gasteiger partial charge in [0.25, 0.3) is 0 Å². The molecule has 0 aromatic rings. The van der Waals surface area contributed by atoms with Crippen molar-refractivity contribution in [1.29, 1.82) is 0 Å². The average molecular weight is 199 g/mol. The highest BCUT2D eigenvalue weighted by Crippen LogP contribution is 2.20. The first-order valence-corrected chi connectivity index (χ1v) is 5.56. The Kier molecular flexibility index (Phi) is 4.23. The van der Waals surface area contributed by atoms with Crippen LogP contribution in [0.3, 0.4) is 0 Å². The van der Waals surface area contributed by atoms with E-state index in [-0.39, 0.29) is 18.2 Å². The van der Waals surface area contributed by atoms with Crippen molar-refractivity contribution in [1.82, 2.24) is 5.32 Å². The molecule has 0 unspecified atom stereocenters. The Hall–Kier alpha value is -0.730. The third kappa shape index (κ3) is 3.56. The summed E-state index contributed by atoms with van der Waals surface area (Å²) in [6, 6.07) is 0.184. The third-order valence-electron chi connectivity index (χ3n) is 2.92. The zero-order valence-corrected chi connectivity index (χ0v) is 9.38. The lowest BCUT2D eigenvalue weighted by molar-refractivity contribution is 0.0966. The molecule has 82 valence electrons. The monoisotopic (exact) mass is 199 g/mol. The molecule has 1 amide bonds. The van der Waals surface area contributed by atoms with E-state index < -0.39 is 0 Å². The van der Waals surface area contributed by atoms with E-state index in [1.165, 1.54) is 12.8 Å². The number of rotatable bonds is 3. The van der Waals surface area contributed by atoms with Crippen LogP contribution in [0.2, 0.25) is 0 Å². The van der Waals surface area contributed by atoms with Gasteiger partial charge in [0.1, 0.15) is 6.10 Å². The van der Waals surface area contributed by atoms with Gasteiger partial charge in [0.05, 0.1) is 0 Å². The summed E-state index contributed by atoms with van der Waals surface area (Å²) in [5.74, 6) is 0.450. The zero-order chi connectivity index (χ0) is 10.6. The normalized spacial score (nSPS) is 19.7. The van der Waals surface area contributed by atoms with E-state index in [1.54, 1.807) is 0 Å². The van der Waals surface area contributed by atoms with Crippen LogP contribution in [0.5, 0.6) is 0 Å². The van der Waals surface area contributed by atoms with Gasteiger partial charge in [0.15, 0.2) is 0 Å². The van der Waals surface area contributed by atoms with Gasteiger partial charge in [-0.25, -0.2) is 4.79 Å². The molecule has 0 radical (unpaired) electrons. The first-order chi connectivity index (χ1) is 6.59. The molecular weight excluding hydrogens is 178 g/mol. The molecule has 3 nitrogen and oxygen atoms in total. The van der Waals surface area contributed by atoms with Gasteiger partial charge in [-0.05, 0) is 38.5 Å². The van der Waals surface area contributed by atoms with Crippen molar-refractivity contribution in [2.24, 2.45) is 5.92 Å². The van der Waals surface area contributed by atoms with Crippen molar-refractivity contribution in [3.63, 3.8) is 0 Å². The highest BCUT2D eigenvalue weighted by Gasteiger charge is 2.20. The Labute approximate surface area is 86.2 Å². The molecule has 0 saturated heterocycles. The predicted octanol–water partition coefficient (Wildman–Crippen LogP) is 2.70. The number of ether oxygens (including phenoxy) is 1. The maximum atomic E-state index is 11.4. The van der Waals surface area contributed by atoms with Crippen LogP contribution in [0.25, 0.3) is 0 Å². The molecule has 1 atom stereocenters. The predicted molar refractivity (Wildman–Crippen MR) is 56.2 cm³/mol. The van der Waals surface area contributed by atoms with Gasteiger partial charge in [-0.15, -0.1) is 0 Å². The molecule has 0 bridgehead atoms. The Morgan fingerprint density at radius 2 is 1.86 bits per heavy atom. The second-order valence-corrected chi connectivity index (χ2v) is 4.49. The number of hydrogen-bond acceptors (Lipinski definition) is 2. The number of nitrogens with one attached hydrogen (secondary N) is 1. The summed E-state index contributed by atoms with van der Waals surface area (Å²) in [5.41, 5.74) is 0. The fraction of sp³-hybridized carbons (Fsp3) is 0.909. The van der Waals surface area contributed by atoms with Gasteiger partial charge in [0, 0.05) is 6.04 Å². The lowest BCUT2D eigenvalue weighted by Gasteiger charge is -2.19. The van der Waals surface area contributed by atoms with Crippen molar-refractivity contribution in [2.75, 3.05) is 0 Å². The standard InChI is InChI=1S/C11H21NO2/c1-8(2)9(3)12-11(13)14-10-6-4-5-7-10/h8-10H,4-7H2,1-3H3,(H,12,13)/t9-/m1/s1. The second kappa shape index (κ2) is 5.23.